The maximum atomic E-state index is 5.74. The van der Waals surface area contributed by atoms with Gasteiger partial charge in [0.2, 0.25) is 0 Å². The highest BCUT2D eigenvalue weighted by Gasteiger charge is 2.22. The van der Waals surface area contributed by atoms with Crippen LogP contribution in [0.3, 0.4) is 0 Å². The quantitative estimate of drug-likeness (QED) is 0.697. The normalized spacial score (nSPS) is 23.1. The van der Waals surface area contributed by atoms with Crippen LogP contribution in [0.15, 0.2) is 12.2 Å². The highest BCUT2D eigenvalue weighted by Crippen LogP contribution is 2.20. The van der Waals surface area contributed by atoms with E-state index in [0.29, 0.717) is 6.04 Å². The molecule has 0 fully saturated rings. The first kappa shape index (κ1) is 11.7. The van der Waals surface area contributed by atoms with Gasteiger partial charge in [-0.15, -0.1) is 0 Å². The SMILES string of the molecule is CN(CC(C)(C)CN)C1C=CCCC1. The fraction of sp³-hybridized carbons (Fsp3) is 0.833. The van der Waals surface area contributed by atoms with Crippen LogP contribution in [0.2, 0.25) is 0 Å². The lowest BCUT2D eigenvalue weighted by molar-refractivity contribution is 0.177. The van der Waals surface area contributed by atoms with Gasteiger partial charge in [-0.05, 0) is 38.3 Å². The van der Waals surface area contributed by atoms with Crippen LogP contribution >= 0.6 is 0 Å². The third-order valence-electron chi connectivity index (χ3n) is 3.03. The molecule has 0 aromatic heterocycles. The van der Waals surface area contributed by atoms with Crippen molar-refractivity contribution in [1.82, 2.24) is 4.90 Å². The molecule has 1 rings (SSSR count). The topological polar surface area (TPSA) is 29.3 Å². The number of likely N-dealkylation sites (N-methyl/N-ethyl adjacent to an activating group) is 1. The molecule has 0 spiro atoms. The molecule has 82 valence electrons. The largest absolute Gasteiger partial charge is 0.330 e. The summed E-state index contributed by atoms with van der Waals surface area (Å²) in [4.78, 5) is 2.43. The Morgan fingerprint density at radius 3 is 2.71 bits per heavy atom. The summed E-state index contributed by atoms with van der Waals surface area (Å²) in [5, 5.41) is 0. The zero-order valence-electron chi connectivity index (χ0n) is 9.79. The van der Waals surface area contributed by atoms with Crippen molar-refractivity contribution in [3.05, 3.63) is 12.2 Å². The Morgan fingerprint density at radius 2 is 2.21 bits per heavy atom. The fourth-order valence-electron chi connectivity index (χ4n) is 2.02. The van der Waals surface area contributed by atoms with Crippen LogP contribution in [0.4, 0.5) is 0 Å². The van der Waals surface area contributed by atoms with Crippen molar-refractivity contribution >= 4 is 0 Å². The Morgan fingerprint density at radius 1 is 1.50 bits per heavy atom. The molecule has 0 aliphatic heterocycles. The standard InChI is InChI=1S/C12H24N2/c1-12(2,9-13)10-14(3)11-7-5-4-6-8-11/h5,7,11H,4,6,8-10,13H2,1-3H3. The lowest BCUT2D eigenvalue weighted by atomic mass is 9.91. The summed E-state index contributed by atoms with van der Waals surface area (Å²) >= 11 is 0. The number of rotatable bonds is 4. The van der Waals surface area contributed by atoms with Crippen LogP contribution in [-0.2, 0) is 0 Å². The van der Waals surface area contributed by atoms with Crippen LogP contribution in [0.25, 0.3) is 0 Å². The van der Waals surface area contributed by atoms with Crippen molar-refractivity contribution in [3.63, 3.8) is 0 Å². The van der Waals surface area contributed by atoms with Gasteiger partial charge in [-0.25, -0.2) is 0 Å². The summed E-state index contributed by atoms with van der Waals surface area (Å²) in [5.74, 6) is 0. The first-order valence-electron chi connectivity index (χ1n) is 5.62. The van der Waals surface area contributed by atoms with E-state index in [4.69, 9.17) is 5.73 Å². The molecule has 14 heavy (non-hydrogen) atoms. The van der Waals surface area contributed by atoms with Crippen molar-refractivity contribution in [3.8, 4) is 0 Å². The second-order valence-corrected chi connectivity index (χ2v) is 5.21. The van der Waals surface area contributed by atoms with Crippen LogP contribution in [0.5, 0.6) is 0 Å². The lowest BCUT2D eigenvalue weighted by Gasteiger charge is -2.34. The third kappa shape index (κ3) is 3.43. The Hall–Kier alpha value is -0.340. The van der Waals surface area contributed by atoms with Crippen molar-refractivity contribution in [2.24, 2.45) is 11.1 Å². The van der Waals surface area contributed by atoms with Gasteiger partial charge < -0.3 is 5.73 Å². The highest BCUT2D eigenvalue weighted by molar-refractivity contribution is 4.98. The smallest absolute Gasteiger partial charge is 0.0275 e. The van der Waals surface area contributed by atoms with E-state index in [0.717, 1.165) is 13.1 Å². The van der Waals surface area contributed by atoms with E-state index in [2.05, 4.69) is 37.9 Å². The predicted molar refractivity (Wildman–Crippen MR) is 62.2 cm³/mol. The average molecular weight is 196 g/mol. The zero-order valence-corrected chi connectivity index (χ0v) is 9.79. The molecule has 2 nitrogen and oxygen atoms in total. The van der Waals surface area contributed by atoms with E-state index in [1.54, 1.807) is 0 Å². The molecule has 2 heteroatoms. The van der Waals surface area contributed by atoms with Crippen molar-refractivity contribution < 1.29 is 0 Å². The summed E-state index contributed by atoms with van der Waals surface area (Å²) < 4.78 is 0. The zero-order chi connectivity index (χ0) is 10.6. The van der Waals surface area contributed by atoms with Gasteiger partial charge in [0.05, 0.1) is 0 Å². The van der Waals surface area contributed by atoms with Crippen molar-refractivity contribution in [1.29, 1.82) is 0 Å². The molecule has 1 unspecified atom stereocenters. The van der Waals surface area contributed by atoms with Gasteiger partial charge in [0.15, 0.2) is 0 Å². The maximum absolute atomic E-state index is 5.74. The molecule has 1 atom stereocenters. The Labute approximate surface area is 88.2 Å². The minimum Gasteiger partial charge on any atom is -0.330 e. The minimum atomic E-state index is 0.236. The third-order valence-corrected chi connectivity index (χ3v) is 3.03. The number of nitrogens with two attached hydrogens (primary N) is 1. The van der Waals surface area contributed by atoms with Gasteiger partial charge in [0, 0.05) is 12.6 Å². The predicted octanol–water partition coefficient (Wildman–Crippen LogP) is 2.01. The summed E-state index contributed by atoms with van der Waals surface area (Å²) in [6, 6.07) is 0.634. The van der Waals surface area contributed by atoms with Gasteiger partial charge in [-0.3, -0.25) is 4.90 Å². The first-order valence-corrected chi connectivity index (χ1v) is 5.62. The molecule has 2 N–H and O–H groups in total. The summed E-state index contributed by atoms with van der Waals surface area (Å²) in [6.07, 6.45) is 8.53. The molecular weight excluding hydrogens is 172 g/mol. The maximum Gasteiger partial charge on any atom is 0.0275 e. The van der Waals surface area contributed by atoms with Gasteiger partial charge in [0.1, 0.15) is 0 Å². The van der Waals surface area contributed by atoms with E-state index in [-0.39, 0.29) is 5.41 Å². The van der Waals surface area contributed by atoms with E-state index in [1.165, 1.54) is 19.3 Å². The lowest BCUT2D eigenvalue weighted by Crippen LogP contribution is -2.41. The number of nitrogens with zero attached hydrogens (tertiary/aromatic N) is 1. The van der Waals surface area contributed by atoms with Crippen LogP contribution in [0.1, 0.15) is 33.1 Å². The van der Waals surface area contributed by atoms with Crippen LogP contribution in [-0.4, -0.2) is 31.1 Å². The fourth-order valence-corrected chi connectivity index (χ4v) is 2.02. The highest BCUT2D eigenvalue weighted by atomic mass is 15.1. The van der Waals surface area contributed by atoms with Crippen LogP contribution in [0, 0.1) is 5.41 Å². The monoisotopic (exact) mass is 196 g/mol. The van der Waals surface area contributed by atoms with Crippen molar-refractivity contribution in [2.45, 2.75) is 39.2 Å². The second kappa shape index (κ2) is 4.94. The number of hydrogen-bond acceptors (Lipinski definition) is 2. The first-order chi connectivity index (χ1) is 6.55. The number of allylic oxidation sites excluding steroid dienone is 1. The molecule has 1 aliphatic carbocycles. The van der Waals surface area contributed by atoms with Crippen LogP contribution < -0.4 is 5.73 Å². The Balaban J connectivity index is 2.44. The molecule has 0 bridgehead atoms. The van der Waals surface area contributed by atoms with Gasteiger partial charge >= 0.3 is 0 Å². The summed E-state index contributed by atoms with van der Waals surface area (Å²) in [6.45, 7) is 6.30. The van der Waals surface area contributed by atoms with E-state index in [9.17, 15) is 0 Å². The Bertz CT molecular complexity index is 196. The number of hydrogen-bond donors (Lipinski definition) is 1. The molecule has 0 aromatic rings. The average Bonchev–Trinajstić information content (AvgIpc) is 2.19. The molecule has 0 saturated heterocycles. The van der Waals surface area contributed by atoms with Gasteiger partial charge in [-0.1, -0.05) is 26.0 Å². The minimum absolute atomic E-state index is 0.236. The molecule has 0 amide bonds. The Kier molecular flexibility index (Phi) is 4.14. The van der Waals surface area contributed by atoms with Gasteiger partial charge in [0.25, 0.3) is 0 Å². The molecule has 1 aliphatic rings. The van der Waals surface area contributed by atoms with E-state index >= 15 is 0 Å². The summed E-state index contributed by atoms with van der Waals surface area (Å²) in [7, 11) is 2.21. The molecule has 0 saturated carbocycles. The van der Waals surface area contributed by atoms with E-state index in [1.807, 2.05) is 0 Å². The van der Waals surface area contributed by atoms with E-state index < -0.39 is 0 Å². The molecule has 0 aromatic carbocycles. The second-order valence-electron chi connectivity index (χ2n) is 5.21. The van der Waals surface area contributed by atoms with Crippen molar-refractivity contribution in [2.75, 3.05) is 20.1 Å². The summed E-state index contributed by atoms with van der Waals surface area (Å²) in [5.41, 5.74) is 5.98. The molecule has 0 radical (unpaired) electrons. The van der Waals surface area contributed by atoms with Gasteiger partial charge in [-0.2, -0.15) is 0 Å². The molecular formula is C12H24N2. The molecule has 0 heterocycles.